The molecule has 0 bridgehead atoms. The van der Waals surface area contributed by atoms with Gasteiger partial charge in [-0.2, -0.15) is 0 Å². The minimum Gasteiger partial charge on any atom is -0.465 e. The van der Waals surface area contributed by atoms with E-state index in [-0.39, 0.29) is 17.8 Å². The molecular formula is C11H11ClO2. The first-order valence-electron chi connectivity index (χ1n) is 4.60. The van der Waals surface area contributed by atoms with Crippen LogP contribution in [0.5, 0.6) is 0 Å². The fourth-order valence-corrected chi connectivity index (χ4v) is 1.89. The summed E-state index contributed by atoms with van der Waals surface area (Å²) in [6.45, 7) is 2.54. The molecule has 1 aromatic rings. The first kappa shape index (κ1) is 9.53. The smallest absolute Gasteiger partial charge is 0.313 e. The Morgan fingerprint density at radius 3 is 2.50 bits per heavy atom. The lowest BCUT2D eigenvalue weighted by molar-refractivity contribution is -0.139. The summed E-state index contributed by atoms with van der Waals surface area (Å²) in [5.41, 5.74) is 0.990. The Labute approximate surface area is 87.8 Å². The fourth-order valence-electron chi connectivity index (χ4n) is 1.77. The van der Waals surface area contributed by atoms with Crippen molar-refractivity contribution < 1.29 is 9.53 Å². The molecule has 0 radical (unpaired) electrons. The molecule has 0 amide bonds. The molecule has 74 valence electrons. The second-order valence-corrected chi connectivity index (χ2v) is 4.07. The second-order valence-electron chi connectivity index (χ2n) is 3.64. The van der Waals surface area contributed by atoms with Gasteiger partial charge in [-0.05, 0) is 17.7 Å². The number of esters is 1. The van der Waals surface area contributed by atoms with Gasteiger partial charge < -0.3 is 4.74 Å². The molecule has 2 atom stereocenters. The van der Waals surface area contributed by atoms with Gasteiger partial charge in [0, 0.05) is 10.9 Å². The van der Waals surface area contributed by atoms with Crippen molar-refractivity contribution in [2.24, 2.45) is 5.92 Å². The molecular weight excluding hydrogens is 200 g/mol. The summed E-state index contributed by atoms with van der Waals surface area (Å²) in [5, 5.41) is 0.688. The van der Waals surface area contributed by atoms with Crippen LogP contribution >= 0.6 is 11.6 Å². The molecule has 2 rings (SSSR count). The van der Waals surface area contributed by atoms with Gasteiger partial charge in [0.15, 0.2) is 0 Å². The van der Waals surface area contributed by atoms with E-state index in [1.165, 1.54) is 0 Å². The van der Waals surface area contributed by atoms with Gasteiger partial charge in [-0.1, -0.05) is 30.7 Å². The molecule has 3 heteroatoms. The van der Waals surface area contributed by atoms with E-state index in [0.29, 0.717) is 11.6 Å². The van der Waals surface area contributed by atoms with Crippen LogP contribution in [0.3, 0.4) is 0 Å². The SMILES string of the molecule is CC1COC(=O)C1c1ccc(Cl)cc1. The molecule has 0 spiro atoms. The van der Waals surface area contributed by atoms with E-state index in [4.69, 9.17) is 16.3 Å². The molecule has 1 aliphatic rings. The normalized spacial score (nSPS) is 26.3. The molecule has 1 heterocycles. The largest absolute Gasteiger partial charge is 0.465 e. The minimum absolute atomic E-state index is 0.118. The molecule has 1 saturated heterocycles. The van der Waals surface area contributed by atoms with Crippen LogP contribution in [0.2, 0.25) is 5.02 Å². The highest BCUT2D eigenvalue weighted by atomic mass is 35.5. The molecule has 1 fully saturated rings. The first-order chi connectivity index (χ1) is 6.68. The van der Waals surface area contributed by atoms with Crippen LogP contribution in [-0.2, 0) is 9.53 Å². The number of halogens is 1. The molecule has 2 unspecified atom stereocenters. The maximum absolute atomic E-state index is 11.4. The van der Waals surface area contributed by atoms with Crippen molar-refractivity contribution in [3.05, 3.63) is 34.9 Å². The summed E-state index contributed by atoms with van der Waals surface area (Å²) >= 11 is 5.77. The number of rotatable bonds is 1. The summed E-state index contributed by atoms with van der Waals surface area (Å²) < 4.78 is 4.99. The molecule has 1 aliphatic heterocycles. The quantitative estimate of drug-likeness (QED) is 0.666. The average molecular weight is 211 g/mol. The third-order valence-corrected chi connectivity index (χ3v) is 2.79. The van der Waals surface area contributed by atoms with Gasteiger partial charge in [0.05, 0.1) is 12.5 Å². The molecule has 0 aromatic heterocycles. The molecule has 1 aromatic carbocycles. The summed E-state index contributed by atoms with van der Waals surface area (Å²) in [4.78, 5) is 11.4. The van der Waals surface area contributed by atoms with E-state index in [1.54, 1.807) is 12.1 Å². The van der Waals surface area contributed by atoms with Crippen molar-refractivity contribution in [3.8, 4) is 0 Å². The third-order valence-electron chi connectivity index (χ3n) is 2.54. The van der Waals surface area contributed by atoms with E-state index in [9.17, 15) is 4.79 Å². The number of carbonyl (C=O) groups excluding carboxylic acids is 1. The van der Waals surface area contributed by atoms with Gasteiger partial charge in [0.25, 0.3) is 0 Å². The van der Waals surface area contributed by atoms with Gasteiger partial charge in [-0.25, -0.2) is 0 Å². The average Bonchev–Trinajstić information content (AvgIpc) is 2.49. The Kier molecular flexibility index (Phi) is 2.46. The van der Waals surface area contributed by atoms with Crippen molar-refractivity contribution >= 4 is 17.6 Å². The van der Waals surface area contributed by atoms with Crippen molar-refractivity contribution in [2.45, 2.75) is 12.8 Å². The molecule has 0 N–H and O–H groups in total. The molecule has 14 heavy (non-hydrogen) atoms. The summed E-state index contributed by atoms with van der Waals surface area (Å²) in [7, 11) is 0. The zero-order valence-corrected chi connectivity index (χ0v) is 8.62. The Hall–Kier alpha value is -1.02. The van der Waals surface area contributed by atoms with Crippen molar-refractivity contribution in [3.63, 3.8) is 0 Å². The van der Waals surface area contributed by atoms with Crippen LogP contribution in [0.4, 0.5) is 0 Å². The number of hydrogen-bond acceptors (Lipinski definition) is 2. The van der Waals surface area contributed by atoms with Crippen molar-refractivity contribution in [1.82, 2.24) is 0 Å². The van der Waals surface area contributed by atoms with E-state index in [1.807, 2.05) is 19.1 Å². The highest BCUT2D eigenvalue weighted by molar-refractivity contribution is 6.30. The van der Waals surface area contributed by atoms with E-state index in [0.717, 1.165) is 5.56 Å². The van der Waals surface area contributed by atoms with Crippen LogP contribution in [-0.4, -0.2) is 12.6 Å². The van der Waals surface area contributed by atoms with Gasteiger partial charge in [0.1, 0.15) is 0 Å². The highest BCUT2D eigenvalue weighted by Crippen LogP contribution is 2.32. The highest BCUT2D eigenvalue weighted by Gasteiger charge is 2.34. The summed E-state index contributed by atoms with van der Waals surface area (Å²) in [6.07, 6.45) is 0. The third kappa shape index (κ3) is 1.62. The van der Waals surface area contributed by atoms with Gasteiger partial charge in [0.2, 0.25) is 0 Å². The monoisotopic (exact) mass is 210 g/mol. The van der Waals surface area contributed by atoms with Gasteiger partial charge in [-0.15, -0.1) is 0 Å². The summed E-state index contributed by atoms with van der Waals surface area (Å²) in [5.74, 6) is 0.00997. The minimum atomic E-state index is -0.125. The lowest BCUT2D eigenvalue weighted by Gasteiger charge is -2.10. The van der Waals surface area contributed by atoms with Crippen LogP contribution in [0.15, 0.2) is 24.3 Å². The lowest BCUT2D eigenvalue weighted by atomic mass is 9.90. The Morgan fingerprint density at radius 1 is 1.36 bits per heavy atom. The molecule has 2 nitrogen and oxygen atoms in total. The number of hydrogen-bond donors (Lipinski definition) is 0. The van der Waals surface area contributed by atoms with Crippen LogP contribution in [0.25, 0.3) is 0 Å². The molecule has 0 saturated carbocycles. The fraction of sp³-hybridized carbons (Fsp3) is 0.364. The lowest BCUT2D eigenvalue weighted by Crippen LogP contribution is -2.10. The standard InChI is InChI=1S/C11H11ClO2/c1-7-6-14-11(13)10(7)8-2-4-9(12)5-3-8/h2-5,7,10H,6H2,1H3. The Bertz CT molecular complexity index is 345. The van der Waals surface area contributed by atoms with Gasteiger partial charge >= 0.3 is 5.97 Å². The number of benzene rings is 1. The topological polar surface area (TPSA) is 26.3 Å². The maximum atomic E-state index is 11.4. The first-order valence-corrected chi connectivity index (χ1v) is 4.98. The van der Waals surface area contributed by atoms with E-state index >= 15 is 0 Å². The van der Waals surface area contributed by atoms with Crippen LogP contribution in [0.1, 0.15) is 18.4 Å². The summed E-state index contributed by atoms with van der Waals surface area (Å²) in [6, 6.07) is 7.37. The molecule has 0 aliphatic carbocycles. The predicted molar refractivity (Wildman–Crippen MR) is 54.3 cm³/mol. The second kappa shape index (κ2) is 3.62. The van der Waals surface area contributed by atoms with Crippen molar-refractivity contribution in [1.29, 1.82) is 0 Å². The van der Waals surface area contributed by atoms with Gasteiger partial charge in [-0.3, -0.25) is 4.79 Å². The van der Waals surface area contributed by atoms with Crippen molar-refractivity contribution in [2.75, 3.05) is 6.61 Å². The zero-order chi connectivity index (χ0) is 10.1. The van der Waals surface area contributed by atoms with Crippen LogP contribution in [0, 0.1) is 5.92 Å². The maximum Gasteiger partial charge on any atom is 0.313 e. The number of cyclic esters (lactones) is 1. The predicted octanol–water partition coefficient (Wildman–Crippen LogP) is 2.62. The zero-order valence-electron chi connectivity index (χ0n) is 7.87. The number of ether oxygens (including phenoxy) is 1. The Morgan fingerprint density at radius 2 is 2.00 bits per heavy atom. The van der Waals surface area contributed by atoms with E-state index < -0.39 is 0 Å². The van der Waals surface area contributed by atoms with Crippen LogP contribution < -0.4 is 0 Å². The Balaban J connectivity index is 2.30. The van der Waals surface area contributed by atoms with E-state index in [2.05, 4.69) is 0 Å². The number of carbonyl (C=O) groups is 1.